The first-order valence-corrected chi connectivity index (χ1v) is 8.38. The lowest BCUT2D eigenvalue weighted by molar-refractivity contribution is 0.181. The summed E-state index contributed by atoms with van der Waals surface area (Å²) < 4.78 is 25.2. The van der Waals surface area contributed by atoms with Gasteiger partial charge in [0.15, 0.2) is 0 Å². The number of rotatable bonds is 4. The lowest BCUT2D eigenvalue weighted by Gasteiger charge is -2.34. The molecule has 1 aromatic rings. The molecule has 1 heterocycles. The molecule has 1 saturated heterocycles. The monoisotopic (exact) mass is 282 g/mol. The van der Waals surface area contributed by atoms with Crippen molar-refractivity contribution in [2.75, 3.05) is 31.9 Å². The summed E-state index contributed by atoms with van der Waals surface area (Å²) >= 11 is 0. The van der Waals surface area contributed by atoms with Gasteiger partial charge in [0, 0.05) is 32.7 Å². The highest BCUT2D eigenvalue weighted by atomic mass is 32.2. The molecule has 2 rings (SSSR count). The van der Waals surface area contributed by atoms with Gasteiger partial charge in [-0.15, -0.1) is 0 Å². The van der Waals surface area contributed by atoms with Crippen LogP contribution >= 0.6 is 0 Å². The van der Waals surface area contributed by atoms with Crippen molar-refractivity contribution >= 4 is 10.0 Å². The van der Waals surface area contributed by atoms with Crippen LogP contribution in [0.25, 0.3) is 0 Å². The molecule has 0 amide bonds. The van der Waals surface area contributed by atoms with E-state index < -0.39 is 10.0 Å². The molecule has 4 nitrogen and oxygen atoms in total. The molecule has 1 aliphatic rings. The molecule has 1 aromatic carbocycles. The first-order chi connectivity index (χ1) is 9.03. The Morgan fingerprint density at radius 3 is 2.32 bits per heavy atom. The van der Waals surface area contributed by atoms with Crippen LogP contribution in [0.15, 0.2) is 24.3 Å². The van der Waals surface area contributed by atoms with Crippen LogP contribution in [0.2, 0.25) is 0 Å². The summed E-state index contributed by atoms with van der Waals surface area (Å²) in [6.07, 6.45) is 0. The largest absolute Gasteiger partial charge is 0.296 e. The maximum atomic E-state index is 11.8. The second-order valence-electron chi connectivity index (χ2n) is 5.00. The van der Waals surface area contributed by atoms with Crippen molar-refractivity contribution in [3.63, 3.8) is 0 Å². The molecule has 1 fully saturated rings. The molecule has 0 saturated carbocycles. The van der Waals surface area contributed by atoms with Crippen LogP contribution in [0, 0.1) is 6.92 Å². The quantitative estimate of drug-likeness (QED) is 0.839. The smallest absolute Gasteiger partial charge is 0.213 e. The molecule has 0 aromatic heterocycles. The van der Waals surface area contributed by atoms with E-state index in [0.717, 1.165) is 19.6 Å². The zero-order chi connectivity index (χ0) is 13.9. The Labute approximate surface area is 116 Å². The Kier molecular flexibility index (Phi) is 4.60. The van der Waals surface area contributed by atoms with Gasteiger partial charge in [0.25, 0.3) is 0 Å². The lowest BCUT2D eigenvalue weighted by atomic mass is 10.1. The fraction of sp³-hybridized carbons (Fsp3) is 0.571. The molecular weight excluding hydrogens is 260 g/mol. The molecule has 0 aliphatic carbocycles. The molecule has 0 spiro atoms. The van der Waals surface area contributed by atoms with Crippen molar-refractivity contribution in [3.05, 3.63) is 35.4 Å². The number of benzene rings is 1. The summed E-state index contributed by atoms with van der Waals surface area (Å²) in [6, 6.07) is 8.36. The average molecular weight is 282 g/mol. The van der Waals surface area contributed by atoms with E-state index in [1.54, 1.807) is 11.2 Å². The topological polar surface area (TPSA) is 40.6 Å². The summed E-state index contributed by atoms with van der Waals surface area (Å²) in [7, 11) is -3.02. The molecule has 0 N–H and O–H groups in total. The normalized spacial score (nSPS) is 18.6. The predicted molar refractivity (Wildman–Crippen MR) is 77.5 cm³/mol. The molecular formula is C14H22N2O2S. The van der Waals surface area contributed by atoms with Gasteiger partial charge in [-0.2, -0.15) is 4.31 Å². The van der Waals surface area contributed by atoms with E-state index in [4.69, 9.17) is 0 Å². The third-order valence-corrected chi connectivity index (χ3v) is 5.63. The maximum Gasteiger partial charge on any atom is 0.213 e. The molecule has 0 atom stereocenters. The van der Waals surface area contributed by atoms with Gasteiger partial charge in [-0.3, -0.25) is 4.90 Å². The summed E-state index contributed by atoms with van der Waals surface area (Å²) in [6.45, 7) is 7.58. The molecule has 0 bridgehead atoms. The van der Waals surface area contributed by atoms with Crippen LogP contribution < -0.4 is 0 Å². The Morgan fingerprint density at radius 1 is 1.11 bits per heavy atom. The minimum Gasteiger partial charge on any atom is -0.296 e. The predicted octanol–water partition coefficient (Wildman–Crippen LogP) is 1.46. The molecule has 0 unspecified atom stereocenters. The third-order valence-electron chi connectivity index (χ3n) is 3.74. The van der Waals surface area contributed by atoms with Gasteiger partial charge in [0.2, 0.25) is 10.0 Å². The van der Waals surface area contributed by atoms with Crippen molar-refractivity contribution in [2.45, 2.75) is 20.4 Å². The lowest BCUT2D eigenvalue weighted by Crippen LogP contribution is -2.48. The highest BCUT2D eigenvalue weighted by molar-refractivity contribution is 7.89. The third kappa shape index (κ3) is 3.55. The minimum atomic E-state index is -3.02. The first kappa shape index (κ1) is 14.5. The molecule has 5 heteroatoms. The Bertz CT molecular complexity index is 520. The van der Waals surface area contributed by atoms with Crippen LogP contribution in [0.3, 0.4) is 0 Å². The number of aryl methyl sites for hydroxylation is 1. The van der Waals surface area contributed by atoms with Crippen LogP contribution in [0.1, 0.15) is 18.1 Å². The van der Waals surface area contributed by atoms with Crippen LogP contribution in [0.4, 0.5) is 0 Å². The zero-order valence-electron chi connectivity index (χ0n) is 11.7. The van der Waals surface area contributed by atoms with Crippen LogP contribution in [0.5, 0.6) is 0 Å². The molecule has 1 aliphatic heterocycles. The average Bonchev–Trinajstić information content (AvgIpc) is 2.42. The molecule has 19 heavy (non-hydrogen) atoms. The summed E-state index contributed by atoms with van der Waals surface area (Å²) in [4.78, 5) is 2.32. The number of hydrogen-bond acceptors (Lipinski definition) is 3. The van der Waals surface area contributed by atoms with Gasteiger partial charge >= 0.3 is 0 Å². The summed E-state index contributed by atoms with van der Waals surface area (Å²) in [5, 5.41) is 0. The Balaban J connectivity index is 1.93. The maximum absolute atomic E-state index is 11.8. The highest BCUT2D eigenvalue weighted by Gasteiger charge is 2.25. The van der Waals surface area contributed by atoms with Crippen LogP contribution in [-0.2, 0) is 16.6 Å². The van der Waals surface area contributed by atoms with Crippen molar-refractivity contribution in [1.29, 1.82) is 0 Å². The van der Waals surface area contributed by atoms with Crippen molar-refractivity contribution in [3.8, 4) is 0 Å². The van der Waals surface area contributed by atoms with E-state index >= 15 is 0 Å². The number of hydrogen-bond donors (Lipinski definition) is 0. The Hall–Kier alpha value is -0.910. The van der Waals surface area contributed by atoms with E-state index in [2.05, 4.69) is 30.0 Å². The van der Waals surface area contributed by atoms with E-state index in [1.807, 2.05) is 6.07 Å². The minimum absolute atomic E-state index is 0.199. The van der Waals surface area contributed by atoms with Gasteiger partial charge in [0.1, 0.15) is 0 Å². The SMILES string of the molecule is CCS(=O)(=O)N1CCN(Cc2ccccc2C)CC1. The van der Waals surface area contributed by atoms with Crippen molar-refractivity contribution in [1.82, 2.24) is 9.21 Å². The summed E-state index contributed by atoms with van der Waals surface area (Å²) in [5.74, 6) is 0.199. The van der Waals surface area contributed by atoms with E-state index in [0.29, 0.717) is 13.1 Å². The van der Waals surface area contributed by atoms with E-state index in [9.17, 15) is 8.42 Å². The fourth-order valence-electron chi connectivity index (χ4n) is 2.38. The van der Waals surface area contributed by atoms with Gasteiger partial charge in [-0.25, -0.2) is 8.42 Å². The van der Waals surface area contributed by atoms with Crippen molar-refractivity contribution < 1.29 is 8.42 Å². The first-order valence-electron chi connectivity index (χ1n) is 6.77. The zero-order valence-corrected chi connectivity index (χ0v) is 12.5. The van der Waals surface area contributed by atoms with E-state index in [-0.39, 0.29) is 5.75 Å². The highest BCUT2D eigenvalue weighted by Crippen LogP contribution is 2.14. The second-order valence-corrected chi connectivity index (χ2v) is 7.26. The van der Waals surface area contributed by atoms with Crippen molar-refractivity contribution in [2.24, 2.45) is 0 Å². The number of piperazine rings is 1. The summed E-state index contributed by atoms with van der Waals surface area (Å²) in [5.41, 5.74) is 2.63. The van der Waals surface area contributed by atoms with Gasteiger partial charge in [-0.05, 0) is 25.0 Å². The molecule has 106 valence electrons. The van der Waals surface area contributed by atoms with E-state index in [1.165, 1.54) is 11.1 Å². The van der Waals surface area contributed by atoms with Gasteiger partial charge in [0.05, 0.1) is 5.75 Å². The van der Waals surface area contributed by atoms with Gasteiger partial charge in [-0.1, -0.05) is 24.3 Å². The second kappa shape index (κ2) is 6.03. The molecule has 0 radical (unpaired) electrons. The number of sulfonamides is 1. The van der Waals surface area contributed by atoms with Gasteiger partial charge < -0.3 is 0 Å². The van der Waals surface area contributed by atoms with Crippen LogP contribution in [-0.4, -0.2) is 49.6 Å². The Morgan fingerprint density at radius 2 is 1.74 bits per heavy atom. The fourth-order valence-corrected chi connectivity index (χ4v) is 3.46. The number of nitrogens with zero attached hydrogens (tertiary/aromatic N) is 2. The standard InChI is InChI=1S/C14H22N2O2S/c1-3-19(17,18)16-10-8-15(9-11-16)12-14-7-5-4-6-13(14)2/h4-7H,3,8-12H2,1-2H3.